The van der Waals surface area contributed by atoms with Crippen molar-refractivity contribution >= 4 is 27.9 Å². The summed E-state index contributed by atoms with van der Waals surface area (Å²) < 4.78 is 0. The maximum atomic E-state index is 11.3. The average molecular weight is 258 g/mol. The number of amides is 1. The highest BCUT2D eigenvalue weighted by Gasteiger charge is 2.24. The predicted octanol–water partition coefficient (Wildman–Crippen LogP) is 3.05. The van der Waals surface area contributed by atoms with E-state index in [1.54, 1.807) is 11.3 Å². The van der Waals surface area contributed by atoms with Crippen LogP contribution in [-0.2, 0) is 17.6 Å². The first kappa shape index (κ1) is 11.3. The largest absolute Gasteiger partial charge is 0.389 e. The van der Waals surface area contributed by atoms with E-state index in [9.17, 15) is 4.79 Å². The first-order valence-corrected chi connectivity index (χ1v) is 6.75. The van der Waals surface area contributed by atoms with Crippen LogP contribution in [0.15, 0.2) is 24.3 Å². The molecule has 0 unspecified atom stereocenters. The highest BCUT2D eigenvalue weighted by Crippen LogP contribution is 2.47. The molecule has 1 aliphatic rings. The lowest BCUT2D eigenvalue weighted by Gasteiger charge is -2.17. The van der Waals surface area contributed by atoms with E-state index in [1.807, 2.05) is 6.07 Å². The van der Waals surface area contributed by atoms with Crippen LogP contribution in [0.3, 0.4) is 0 Å². The average Bonchev–Trinajstić information content (AvgIpc) is 2.66. The Kier molecular flexibility index (Phi) is 2.59. The second-order valence-electron chi connectivity index (χ2n) is 4.48. The van der Waals surface area contributed by atoms with Gasteiger partial charge in [-0.05, 0) is 24.0 Å². The second kappa shape index (κ2) is 4.14. The number of aryl methyl sites for hydroxylation is 2. The van der Waals surface area contributed by atoms with Crippen LogP contribution < -0.4 is 11.1 Å². The molecule has 1 amide bonds. The van der Waals surface area contributed by atoms with E-state index >= 15 is 0 Å². The number of fused-ring (bicyclic) bond motifs is 3. The van der Waals surface area contributed by atoms with Crippen molar-refractivity contribution in [2.45, 2.75) is 19.8 Å². The lowest BCUT2D eigenvalue weighted by atomic mass is 9.90. The molecule has 0 saturated carbocycles. The Morgan fingerprint density at radius 2 is 2.11 bits per heavy atom. The SMILES string of the molecule is CC(=O)Nc1c(N)sc2c1-c1ccccc1CC2. The van der Waals surface area contributed by atoms with Gasteiger partial charge in [-0.25, -0.2) is 0 Å². The van der Waals surface area contributed by atoms with Crippen molar-refractivity contribution < 1.29 is 4.79 Å². The van der Waals surface area contributed by atoms with Gasteiger partial charge < -0.3 is 11.1 Å². The van der Waals surface area contributed by atoms with E-state index in [1.165, 1.54) is 22.9 Å². The smallest absolute Gasteiger partial charge is 0.221 e. The molecule has 18 heavy (non-hydrogen) atoms. The zero-order chi connectivity index (χ0) is 12.7. The van der Waals surface area contributed by atoms with Crippen LogP contribution in [-0.4, -0.2) is 5.91 Å². The second-order valence-corrected chi connectivity index (χ2v) is 5.61. The summed E-state index contributed by atoms with van der Waals surface area (Å²) in [6.07, 6.45) is 2.05. The summed E-state index contributed by atoms with van der Waals surface area (Å²) >= 11 is 1.59. The number of nitrogen functional groups attached to an aromatic ring is 1. The molecule has 2 aromatic rings. The van der Waals surface area contributed by atoms with Gasteiger partial charge >= 0.3 is 0 Å². The third-order valence-corrected chi connectivity index (χ3v) is 4.30. The van der Waals surface area contributed by atoms with Crippen LogP contribution in [0.1, 0.15) is 17.4 Å². The summed E-state index contributed by atoms with van der Waals surface area (Å²) in [5.41, 5.74) is 10.5. The molecular formula is C14H14N2OS. The molecule has 3 nitrogen and oxygen atoms in total. The Labute approximate surface area is 110 Å². The number of hydrogen-bond acceptors (Lipinski definition) is 3. The molecule has 92 valence electrons. The predicted molar refractivity (Wildman–Crippen MR) is 75.9 cm³/mol. The topological polar surface area (TPSA) is 55.1 Å². The zero-order valence-electron chi connectivity index (χ0n) is 10.1. The van der Waals surface area contributed by atoms with Gasteiger partial charge in [0.15, 0.2) is 0 Å². The van der Waals surface area contributed by atoms with Gasteiger partial charge in [0.05, 0.1) is 5.69 Å². The minimum absolute atomic E-state index is 0.0784. The van der Waals surface area contributed by atoms with Crippen LogP contribution in [0.2, 0.25) is 0 Å². The molecule has 1 heterocycles. The highest BCUT2D eigenvalue weighted by atomic mass is 32.1. The molecule has 0 fully saturated rings. The molecule has 3 rings (SSSR count). The normalized spacial score (nSPS) is 12.7. The molecule has 0 saturated heterocycles. The van der Waals surface area contributed by atoms with E-state index in [-0.39, 0.29) is 5.91 Å². The van der Waals surface area contributed by atoms with Gasteiger partial charge in [0, 0.05) is 17.4 Å². The first-order valence-electron chi connectivity index (χ1n) is 5.94. The number of anilines is 2. The fourth-order valence-electron chi connectivity index (χ4n) is 2.49. The molecule has 4 heteroatoms. The number of carbonyl (C=O) groups is 1. The number of rotatable bonds is 1. The molecule has 1 aromatic heterocycles. The van der Waals surface area contributed by atoms with Crippen LogP contribution in [0.25, 0.3) is 11.1 Å². The maximum absolute atomic E-state index is 11.3. The molecular weight excluding hydrogens is 244 g/mol. The number of nitrogens with two attached hydrogens (primary N) is 1. The number of hydrogen-bond donors (Lipinski definition) is 2. The van der Waals surface area contributed by atoms with E-state index < -0.39 is 0 Å². The van der Waals surface area contributed by atoms with Crippen LogP contribution in [0, 0.1) is 0 Å². The first-order chi connectivity index (χ1) is 8.66. The summed E-state index contributed by atoms with van der Waals surface area (Å²) in [5, 5.41) is 3.57. The molecule has 0 spiro atoms. The van der Waals surface area contributed by atoms with E-state index in [4.69, 9.17) is 5.73 Å². The van der Waals surface area contributed by atoms with Crippen molar-refractivity contribution in [2.75, 3.05) is 11.1 Å². The zero-order valence-corrected chi connectivity index (χ0v) is 10.9. The van der Waals surface area contributed by atoms with Crippen molar-refractivity contribution in [3.8, 4) is 11.1 Å². The summed E-state index contributed by atoms with van der Waals surface area (Å²) in [4.78, 5) is 12.6. The number of benzene rings is 1. The van der Waals surface area contributed by atoms with Crippen molar-refractivity contribution in [1.82, 2.24) is 0 Å². The minimum Gasteiger partial charge on any atom is -0.389 e. The van der Waals surface area contributed by atoms with Crippen LogP contribution in [0.5, 0.6) is 0 Å². The van der Waals surface area contributed by atoms with Crippen molar-refractivity contribution in [3.05, 3.63) is 34.7 Å². The molecule has 3 N–H and O–H groups in total. The van der Waals surface area contributed by atoms with Crippen molar-refractivity contribution in [3.63, 3.8) is 0 Å². The van der Waals surface area contributed by atoms with Gasteiger partial charge in [0.1, 0.15) is 5.00 Å². The third kappa shape index (κ3) is 1.69. The quantitative estimate of drug-likeness (QED) is 0.826. The van der Waals surface area contributed by atoms with Crippen molar-refractivity contribution in [2.24, 2.45) is 0 Å². The lowest BCUT2D eigenvalue weighted by molar-refractivity contribution is -0.114. The fraction of sp³-hybridized carbons (Fsp3) is 0.214. The molecule has 0 atom stereocenters. The monoisotopic (exact) mass is 258 g/mol. The number of carbonyl (C=O) groups excluding carboxylic acids is 1. The van der Waals surface area contributed by atoms with Gasteiger partial charge in [0.25, 0.3) is 0 Å². The fourth-order valence-corrected chi connectivity index (χ4v) is 3.53. The minimum atomic E-state index is -0.0784. The standard InChI is InChI=1S/C14H14N2OS/c1-8(17)16-13-12-10-5-3-2-4-9(10)6-7-11(12)18-14(13)15/h2-5H,6-7,15H2,1H3,(H,16,17). The van der Waals surface area contributed by atoms with Crippen molar-refractivity contribution in [1.29, 1.82) is 0 Å². The van der Waals surface area contributed by atoms with E-state index in [0.717, 1.165) is 24.1 Å². The van der Waals surface area contributed by atoms with Gasteiger partial charge in [-0.2, -0.15) is 0 Å². The van der Waals surface area contributed by atoms with E-state index in [2.05, 4.69) is 23.5 Å². The summed E-state index contributed by atoms with van der Waals surface area (Å²) in [6.45, 7) is 1.51. The Morgan fingerprint density at radius 1 is 1.33 bits per heavy atom. The van der Waals surface area contributed by atoms with Gasteiger partial charge in [-0.3, -0.25) is 4.79 Å². The maximum Gasteiger partial charge on any atom is 0.221 e. The Balaban J connectivity index is 2.21. The number of thiophene rings is 1. The molecule has 1 aliphatic carbocycles. The molecule has 1 aromatic carbocycles. The molecule has 0 radical (unpaired) electrons. The number of nitrogens with one attached hydrogen (secondary N) is 1. The summed E-state index contributed by atoms with van der Waals surface area (Å²) in [6, 6.07) is 8.32. The Morgan fingerprint density at radius 3 is 2.89 bits per heavy atom. The van der Waals surface area contributed by atoms with Gasteiger partial charge in [-0.1, -0.05) is 24.3 Å². The highest BCUT2D eigenvalue weighted by molar-refractivity contribution is 7.17. The summed E-state index contributed by atoms with van der Waals surface area (Å²) in [7, 11) is 0. The van der Waals surface area contributed by atoms with E-state index in [0.29, 0.717) is 5.00 Å². The Bertz CT molecular complexity index is 631. The Hall–Kier alpha value is -1.81. The van der Waals surface area contributed by atoms with Gasteiger partial charge in [0.2, 0.25) is 5.91 Å². The van der Waals surface area contributed by atoms with Gasteiger partial charge in [-0.15, -0.1) is 11.3 Å². The summed E-state index contributed by atoms with van der Waals surface area (Å²) in [5.74, 6) is -0.0784. The molecule has 0 aliphatic heterocycles. The molecule has 0 bridgehead atoms. The third-order valence-electron chi connectivity index (χ3n) is 3.22. The van der Waals surface area contributed by atoms with Crippen LogP contribution >= 0.6 is 11.3 Å². The lowest BCUT2D eigenvalue weighted by Crippen LogP contribution is -2.09. The van der Waals surface area contributed by atoms with Crippen LogP contribution in [0.4, 0.5) is 10.7 Å².